The van der Waals surface area contributed by atoms with Gasteiger partial charge < -0.3 is 10.1 Å². The van der Waals surface area contributed by atoms with Gasteiger partial charge >= 0.3 is 0 Å². The SMILES string of the molecule is CC[C@H](Oc1ccc(C)cc1)C(=O)Nc1ccc2ccccc2c1. The minimum absolute atomic E-state index is 0.131. The van der Waals surface area contributed by atoms with Crippen molar-refractivity contribution in [2.24, 2.45) is 0 Å². The molecule has 0 aliphatic heterocycles. The summed E-state index contributed by atoms with van der Waals surface area (Å²) in [7, 11) is 0. The highest BCUT2D eigenvalue weighted by molar-refractivity contribution is 5.96. The van der Waals surface area contributed by atoms with Crippen molar-refractivity contribution in [1.82, 2.24) is 0 Å². The number of hydrogen-bond donors (Lipinski definition) is 1. The Morgan fingerprint density at radius 2 is 1.71 bits per heavy atom. The van der Waals surface area contributed by atoms with Crippen LogP contribution in [0.2, 0.25) is 0 Å². The average molecular weight is 319 g/mol. The van der Waals surface area contributed by atoms with E-state index >= 15 is 0 Å². The molecule has 3 nitrogen and oxygen atoms in total. The minimum atomic E-state index is -0.515. The first kappa shape index (κ1) is 16.1. The lowest BCUT2D eigenvalue weighted by atomic mass is 10.1. The zero-order valence-corrected chi connectivity index (χ0v) is 14.0. The molecule has 0 unspecified atom stereocenters. The molecule has 3 aromatic rings. The Labute approximate surface area is 142 Å². The molecule has 3 aromatic carbocycles. The molecule has 0 saturated carbocycles. The quantitative estimate of drug-likeness (QED) is 0.723. The standard InChI is InChI=1S/C21H21NO2/c1-3-20(24-19-12-8-15(2)9-13-19)21(23)22-18-11-10-16-6-4-5-7-17(16)14-18/h4-14,20H,3H2,1-2H3,(H,22,23)/t20-/m0/s1. The summed E-state index contributed by atoms with van der Waals surface area (Å²) in [5.41, 5.74) is 1.95. The monoisotopic (exact) mass is 319 g/mol. The molecule has 3 heteroatoms. The van der Waals surface area contributed by atoms with Crippen LogP contribution >= 0.6 is 0 Å². The molecule has 0 spiro atoms. The lowest BCUT2D eigenvalue weighted by Gasteiger charge is -2.17. The Hall–Kier alpha value is -2.81. The Balaban J connectivity index is 1.72. The molecule has 24 heavy (non-hydrogen) atoms. The Morgan fingerprint density at radius 1 is 1.00 bits per heavy atom. The van der Waals surface area contributed by atoms with Crippen LogP contribution in [-0.2, 0) is 4.79 Å². The van der Waals surface area contributed by atoms with Crippen molar-refractivity contribution in [3.8, 4) is 5.75 Å². The number of carbonyl (C=O) groups is 1. The second kappa shape index (κ2) is 7.18. The van der Waals surface area contributed by atoms with Crippen LogP contribution in [-0.4, -0.2) is 12.0 Å². The van der Waals surface area contributed by atoms with E-state index in [4.69, 9.17) is 4.74 Å². The Kier molecular flexibility index (Phi) is 4.80. The number of amides is 1. The Bertz CT molecular complexity index is 840. The summed E-state index contributed by atoms with van der Waals surface area (Å²) in [5, 5.41) is 5.20. The van der Waals surface area contributed by atoms with Crippen LogP contribution in [0.5, 0.6) is 5.75 Å². The van der Waals surface area contributed by atoms with Gasteiger partial charge in [-0.05, 0) is 48.4 Å². The molecule has 1 N–H and O–H groups in total. The van der Waals surface area contributed by atoms with Crippen molar-refractivity contribution < 1.29 is 9.53 Å². The zero-order chi connectivity index (χ0) is 16.9. The number of benzene rings is 3. The topological polar surface area (TPSA) is 38.3 Å². The van der Waals surface area contributed by atoms with Gasteiger partial charge in [-0.2, -0.15) is 0 Å². The number of anilines is 1. The lowest BCUT2D eigenvalue weighted by molar-refractivity contribution is -0.122. The molecular formula is C21H21NO2. The van der Waals surface area contributed by atoms with E-state index in [1.807, 2.05) is 74.5 Å². The van der Waals surface area contributed by atoms with Gasteiger partial charge in [-0.15, -0.1) is 0 Å². The van der Waals surface area contributed by atoms with Gasteiger partial charge in [0.15, 0.2) is 6.10 Å². The van der Waals surface area contributed by atoms with Crippen molar-refractivity contribution in [2.45, 2.75) is 26.4 Å². The summed E-state index contributed by atoms with van der Waals surface area (Å²) in [6.07, 6.45) is 0.0898. The predicted octanol–water partition coefficient (Wildman–Crippen LogP) is 4.94. The van der Waals surface area contributed by atoms with E-state index in [1.165, 1.54) is 0 Å². The molecule has 1 atom stereocenters. The molecule has 1 amide bonds. The number of fused-ring (bicyclic) bond motifs is 1. The maximum absolute atomic E-state index is 12.5. The second-order valence-corrected chi connectivity index (χ2v) is 5.88. The third kappa shape index (κ3) is 3.74. The third-order valence-electron chi connectivity index (χ3n) is 3.98. The van der Waals surface area contributed by atoms with Gasteiger partial charge in [0.1, 0.15) is 5.75 Å². The molecular weight excluding hydrogens is 298 g/mol. The fourth-order valence-corrected chi connectivity index (χ4v) is 2.59. The van der Waals surface area contributed by atoms with Crippen molar-refractivity contribution in [1.29, 1.82) is 0 Å². The maximum Gasteiger partial charge on any atom is 0.265 e. The summed E-state index contributed by atoms with van der Waals surface area (Å²) >= 11 is 0. The van der Waals surface area contributed by atoms with Gasteiger partial charge in [-0.25, -0.2) is 0 Å². The number of nitrogens with one attached hydrogen (secondary N) is 1. The third-order valence-corrected chi connectivity index (χ3v) is 3.98. The van der Waals surface area contributed by atoms with Gasteiger partial charge in [0.25, 0.3) is 5.91 Å². The van der Waals surface area contributed by atoms with Gasteiger partial charge in [0.2, 0.25) is 0 Å². The molecule has 3 rings (SSSR count). The van der Waals surface area contributed by atoms with E-state index < -0.39 is 6.10 Å². The smallest absolute Gasteiger partial charge is 0.265 e. The number of rotatable bonds is 5. The molecule has 0 saturated heterocycles. The Morgan fingerprint density at radius 3 is 2.42 bits per heavy atom. The first-order chi connectivity index (χ1) is 11.7. The van der Waals surface area contributed by atoms with Crippen LogP contribution < -0.4 is 10.1 Å². The van der Waals surface area contributed by atoms with Crippen LogP contribution in [0.25, 0.3) is 10.8 Å². The number of hydrogen-bond acceptors (Lipinski definition) is 2. The molecule has 0 aromatic heterocycles. The molecule has 0 bridgehead atoms. The van der Waals surface area contributed by atoms with Gasteiger partial charge in [-0.3, -0.25) is 4.79 Å². The average Bonchev–Trinajstić information content (AvgIpc) is 2.61. The molecule has 122 valence electrons. The number of carbonyl (C=O) groups excluding carboxylic acids is 1. The van der Waals surface area contributed by atoms with Crippen molar-refractivity contribution in [3.05, 3.63) is 72.3 Å². The largest absolute Gasteiger partial charge is 0.481 e. The zero-order valence-electron chi connectivity index (χ0n) is 14.0. The van der Waals surface area contributed by atoms with E-state index in [9.17, 15) is 4.79 Å². The highest BCUT2D eigenvalue weighted by atomic mass is 16.5. The molecule has 0 aliphatic carbocycles. The molecule has 0 radical (unpaired) electrons. The summed E-state index contributed by atoms with van der Waals surface area (Å²) < 4.78 is 5.83. The van der Waals surface area contributed by atoms with Crippen molar-refractivity contribution in [3.63, 3.8) is 0 Å². The number of aryl methyl sites for hydroxylation is 1. The second-order valence-electron chi connectivity index (χ2n) is 5.88. The lowest BCUT2D eigenvalue weighted by Crippen LogP contribution is -2.32. The van der Waals surface area contributed by atoms with Crippen LogP contribution in [0.15, 0.2) is 66.7 Å². The summed E-state index contributed by atoms with van der Waals surface area (Å²) in [6, 6.07) is 21.7. The normalized spacial score (nSPS) is 11.9. The first-order valence-corrected chi connectivity index (χ1v) is 8.18. The first-order valence-electron chi connectivity index (χ1n) is 8.18. The van der Waals surface area contributed by atoms with E-state index in [0.717, 1.165) is 22.0 Å². The summed E-state index contributed by atoms with van der Waals surface area (Å²) in [4.78, 5) is 12.5. The van der Waals surface area contributed by atoms with E-state index in [0.29, 0.717) is 12.2 Å². The van der Waals surface area contributed by atoms with E-state index in [2.05, 4.69) is 11.4 Å². The summed E-state index contributed by atoms with van der Waals surface area (Å²) in [6.45, 7) is 3.96. The fraction of sp³-hybridized carbons (Fsp3) is 0.190. The molecule has 0 fully saturated rings. The van der Waals surface area contributed by atoms with Gasteiger partial charge in [0, 0.05) is 5.69 Å². The van der Waals surface area contributed by atoms with Crippen LogP contribution in [0, 0.1) is 6.92 Å². The van der Waals surface area contributed by atoms with E-state index in [1.54, 1.807) is 0 Å². The summed E-state index contributed by atoms with van der Waals surface area (Å²) in [5.74, 6) is 0.578. The molecule has 0 aliphatic rings. The highest BCUT2D eigenvalue weighted by Crippen LogP contribution is 2.20. The minimum Gasteiger partial charge on any atom is -0.481 e. The fourth-order valence-electron chi connectivity index (χ4n) is 2.59. The van der Waals surface area contributed by atoms with Gasteiger partial charge in [0.05, 0.1) is 0 Å². The maximum atomic E-state index is 12.5. The molecule has 0 heterocycles. The van der Waals surface area contributed by atoms with Gasteiger partial charge in [-0.1, -0.05) is 55.0 Å². The predicted molar refractivity (Wildman–Crippen MR) is 98.5 cm³/mol. The van der Waals surface area contributed by atoms with Crippen LogP contribution in [0.4, 0.5) is 5.69 Å². The van der Waals surface area contributed by atoms with Crippen LogP contribution in [0.1, 0.15) is 18.9 Å². The highest BCUT2D eigenvalue weighted by Gasteiger charge is 2.18. The number of ether oxygens (including phenoxy) is 1. The van der Waals surface area contributed by atoms with Crippen molar-refractivity contribution in [2.75, 3.05) is 5.32 Å². The van der Waals surface area contributed by atoms with E-state index in [-0.39, 0.29) is 5.91 Å². The van der Waals surface area contributed by atoms with Crippen molar-refractivity contribution >= 4 is 22.4 Å². The van der Waals surface area contributed by atoms with Crippen LogP contribution in [0.3, 0.4) is 0 Å².